The number of anilines is 1. The number of aryl methyl sites for hydroxylation is 2. The molecule has 0 unspecified atom stereocenters. The van der Waals surface area contributed by atoms with Gasteiger partial charge in [0, 0.05) is 38.7 Å². The van der Waals surface area contributed by atoms with Gasteiger partial charge in [0.15, 0.2) is 0 Å². The van der Waals surface area contributed by atoms with Crippen molar-refractivity contribution in [2.24, 2.45) is 5.73 Å². The smallest absolute Gasteiger partial charge is 0.307 e. The predicted molar refractivity (Wildman–Crippen MR) is 179 cm³/mol. The van der Waals surface area contributed by atoms with Gasteiger partial charge in [0.1, 0.15) is 11.7 Å². The average Bonchev–Trinajstić information content (AvgIpc) is 3.27. The molecule has 0 aliphatic heterocycles. The van der Waals surface area contributed by atoms with Gasteiger partial charge in [0.25, 0.3) is 5.91 Å². The monoisotopic (exact) mass is 740 g/mol. The fourth-order valence-corrected chi connectivity index (χ4v) is 5.52. The lowest BCUT2D eigenvalue weighted by molar-refractivity contribution is -0.147. The van der Waals surface area contributed by atoms with E-state index in [1.165, 1.54) is 0 Å². The minimum atomic E-state index is -0.356. The molecule has 0 fully saturated rings. The lowest BCUT2D eigenvalue weighted by Gasteiger charge is -2.12. The highest BCUT2D eigenvalue weighted by Crippen LogP contribution is 2.31. The van der Waals surface area contributed by atoms with Crippen molar-refractivity contribution >= 4 is 91.1 Å². The van der Waals surface area contributed by atoms with Gasteiger partial charge in [-0.1, -0.05) is 24.3 Å². The number of carbonyl (C=O) groups excluding carboxylic acids is 2. The van der Waals surface area contributed by atoms with Crippen LogP contribution in [0.15, 0.2) is 63.5 Å². The highest BCUT2D eigenvalue weighted by Gasteiger charge is 2.16. The Balaban J connectivity index is 0.00000308. The summed E-state index contributed by atoms with van der Waals surface area (Å²) in [5.41, 5.74) is 16.9. The molecular weight excluding hydrogens is 711 g/mol. The Labute approximate surface area is 273 Å². The lowest BCUT2D eigenvalue weighted by atomic mass is 10.1. The Morgan fingerprint density at radius 3 is 2.24 bits per heavy atom. The number of esters is 1. The number of benzene rings is 3. The van der Waals surface area contributed by atoms with Gasteiger partial charge >= 0.3 is 5.97 Å². The molecule has 1 heterocycles. The van der Waals surface area contributed by atoms with Gasteiger partial charge in [-0.15, -0.1) is 24.8 Å². The molecule has 3 aromatic carbocycles. The largest absolute Gasteiger partial charge is 0.463 e. The van der Waals surface area contributed by atoms with Crippen molar-refractivity contribution in [2.75, 3.05) is 12.3 Å². The molecule has 4 rings (SSSR count). The van der Waals surface area contributed by atoms with E-state index in [1.807, 2.05) is 30.3 Å². The first-order chi connectivity index (χ1) is 19.0. The third-order valence-electron chi connectivity index (χ3n) is 6.21. The minimum absolute atomic E-state index is 0. The van der Waals surface area contributed by atoms with Gasteiger partial charge in [0.2, 0.25) is 0 Å². The number of ether oxygens (including phenoxy) is 1. The molecule has 0 bridgehead atoms. The topological polar surface area (TPSA) is 149 Å². The average molecular weight is 743 g/mol. The molecular formula is C29H32Br2Cl2N6O3. The van der Waals surface area contributed by atoms with Gasteiger partial charge in [-0.25, -0.2) is 4.98 Å². The Hall–Kier alpha value is -3.12. The number of carbonyl (C=O) groups is 2. The van der Waals surface area contributed by atoms with Gasteiger partial charge in [-0.05, 0) is 88.0 Å². The summed E-state index contributed by atoms with van der Waals surface area (Å²) < 4.78 is 8.87. The first-order valence-electron chi connectivity index (χ1n) is 12.7. The molecule has 13 heteroatoms. The number of imidazole rings is 1. The molecule has 0 saturated carbocycles. The van der Waals surface area contributed by atoms with Gasteiger partial charge in [-0.2, -0.15) is 0 Å². The fourth-order valence-electron chi connectivity index (χ4n) is 4.24. The van der Waals surface area contributed by atoms with Crippen LogP contribution in [0.25, 0.3) is 22.4 Å². The molecule has 0 aliphatic carbocycles. The van der Waals surface area contributed by atoms with Crippen molar-refractivity contribution in [3.05, 3.63) is 80.2 Å². The number of nitrogens with zero attached hydrogens (tertiary/aromatic N) is 2. The molecule has 9 nitrogen and oxygen atoms in total. The Morgan fingerprint density at radius 1 is 1.02 bits per heavy atom. The zero-order chi connectivity index (χ0) is 29.0. The number of nitrogen functional groups attached to an aromatic ring is 2. The number of aromatic nitrogens is 2. The van der Waals surface area contributed by atoms with Crippen LogP contribution in [0.2, 0.25) is 0 Å². The summed E-state index contributed by atoms with van der Waals surface area (Å²) in [4.78, 5) is 29.5. The highest BCUT2D eigenvalue weighted by molar-refractivity contribution is 9.11. The van der Waals surface area contributed by atoms with Crippen LogP contribution >= 0.6 is 56.7 Å². The number of rotatable bonds is 10. The second kappa shape index (κ2) is 15.4. The highest BCUT2D eigenvalue weighted by atomic mass is 79.9. The molecule has 1 aromatic heterocycles. The number of nitrogens with one attached hydrogen (secondary N) is 2. The molecule has 42 heavy (non-hydrogen) atoms. The zero-order valence-electron chi connectivity index (χ0n) is 22.9. The van der Waals surface area contributed by atoms with Crippen molar-refractivity contribution in [3.63, 3.8) is 0 Å². The molecule has 6 N–H and O–H groups in total. The minimum Gasteiger partial charge on any atom is -0.463 e. The predicted octanol–water partition coefficient (Wildman–Crippen LogP) is 6.25. The number of nitrogens with two attached hydrogens (primary N) is 2. The van der Waals surface area contributed by atoms with E-state index >= 15 is 0 Å². The zero-order valence-corrected chi connectivity index (χ0v) is 27.8. The summed E-state index contributed by atoms with van der Waals surface area (Å²) in [5, 5.41) is 10.5. The van der Waals surface area contributed by atoms with E-state index in [9.17, 15) is 9.59 Å². The van der Waals surface area contributed by atoms with Crippen molar-refractivity contribution < 1.29 is 14.3 Å². The third-order valence-corrected chi connectivity index (χ3v) is 7.52. The number of halogens is 4. The molecule has 0 spiro atoms. The van der Waals surface area contributed by atoms with Crippen LogP contribution in [0.3, 0.4) is 0 Å². The first kappa shape index (κ1) is 35.1. The molecule has 4 aromatic rings. The number of amides is 1. The van der Waals surface area contributed by atoms with Gasteiger partial charge in [0.05, 0.1) is 29.2 Å². The Morgan fingerprint density at radius 2 is 1.64 bits per heavy atom. The van der Waals surface area contributed by atoms with E-state index < -0.39 is 0 Å². The van der Waals surface area contributed by atoms with E-state index in [0.29, 0.717) is 35.3 Å². The van der Waals surface area contributed by atoms with Crippen LogP contribution < -0.4 is 16.8 Å². The van der Waals surface area contributed by atoms with Crippen LogP contribution in [0, 0.1) is 5.41 Å². The molecule has 0 saturated heterocycles. The Bertz CT molecular complexity index is 1570. The van der Waals surface area contributed by atoms with E-state index in [1.54, 1.807) is 38.1 Å². The standard InChI is InChI=1S/C29H30Br2N6O3.2ClH/c1-16(2)40-25(38)9-11-35-29(39)20-7-8-24-23(15-20)36-28(19-5-3-18(4-6-19)27(33)34)37(24)12-10-17-13-21(30)26(32)22(31)14-17;;/h3-8,13-16H,9-12,32H2,1-2H3,(H3,33,34)(H,35,39);2*1H. The van der Waals surface area contributed by atoms with E-state index in [4.69, 9.17) is 26.6 Å². The summed E-state index contributed by atoms with van der Waals surface area (Å²) >= 11 is 7.03. The number of fused-ring (bicyclic) bond motifs is 1. The summed E-state index contributed by atoms with van der Waals surface area (Å²) in [5.74, 6) is 0.0724. The number of amidine groups is 1. The van der Waals surface area contributed by atoms with Crippen molar-refractivity contribution in [1.29, 1.82) is 5.41 Å². The second-order valence-corrected chi connectivity index (χ2v) is 11.3. The van der Waals surface area contributed by atoms with Crippen LogP contribution in [0.4, 0.5) is 5.69 Å². The second-order valence-electron chi connectivity index (χ2n) is 9.55. The van der Waals surface area contributed by atoms with E-state index in [0.717, 1.165) is 31.4 Å². The van der Waals surface area contributed by atoms with Crippen molar-refractivity contribution in [2.45, 2.75) is 39.3 Å². The number of hydrogen-bond donors (Lipinski definition) is 4. The maximum absolute atomic E-state index is 12.8. The summed E-state index contributed by atoms with van der Waals surface area (Å²) in [6.45, 7) is 4.36. The van der Waals surface area contributed by atoms with Crippen LogP contribution in [-0.2, 0) is 22.5 Å². The number of hydrogen-bond acceptors (Lipinski definition) is 6. The summed E-state index contributed by atoms with van der Waals surface area (Å²) in [6.07, 6.45) is 0.603. The SMILES string of the molecule is CC(C)OC(=O)CCNC(=O)c1ccc2c(c1)nc(-c1ccc(C(=N)N)cc1)n2CCc1cc(Br)c(N)c(Br)c1.Cl.Cl. The van der Waals surface area contributed by atoms with Crippen molar-refractivity contribution in [1.82, 2.24) is 14.9 Å². The molecule has 224 valence electrons. The first-order valence-corrected chi connectivity index (χ1v) is 14.3. The maximum atomic E-state index is 12.8. The molecule has 0 aliphatic rings. The van der Waals surface area contributed by atoms with Gasteiger partial charge in [-0.3, -0.25) is 15.0 Å². The fraction of sp³-hybridized carbons (Fsp3) is 0.241. The summed E-state index contributed by atoms with van der Waals surface area (Å²) in [6, 6.07) is 16.7. The summed E-state index contributed by atoms with van der Waals surface area (Å²) in [7, 11) is 0. The lowest BCUT2D eigenvalue weighted by Crippen LogP contribution is -2.27. The van der Waals surface area contributed by atoms with E-state index in [2.05, 4.69) is 41.7 Å². The van der Waals surface area contributed by atoms with Gasteiger partial charge < -0.3 is 26.1 Å². The maximum Gasteiger partial charge on any atom is 0.307 e. The molecule has 0 radical (unpaired) electrons. The van der Waals surface area contributed by atoms with Crippen LogP contribution in [0.1, 0.15) is 41.8 Å². The van der Waals surface area contributed by atoms with Crippen LogP contribution in [0.5, 0.6) is 0 Å². The van der Waals surface area contributed by atoms with E-state index in [-0.39, 0.29) is 61.6 Å². The van der Waals surface area contributed by atoms with Crippen molar-refractivity contribution in [3.8, 4) is 11.4 Å². The van der Waals surface area contributed by atoms with Crippen LogP contribution in [-0.4, -0.2) is 39.9 Å². The Kier molecular flexibility index (Phi) is 12.8. The normalized spacial score (nSPS) is 10.6. The quantitative estimate of drug-likeness (QED) is 0.0653. The molecule has 0 atom stereocenters. The third kappa shape index (κ3) is 8.47. The molecule has 1 amide bonds.